The van der Waals surface area contributed by atoms with Crippen LogP contribution in [0.3, 0.4) is 0 Å². The Morgan fingerprint density at radius 1 is 0.875 bits per heavy atom. The number of carbonyl (C=O) groups is 1. The van der Waals surface area contributed by atoms with Crippen LogP contribution in [-0.4, -0.2) is 42.0 Å². The Morgan fingerprint density at radius 2 is 1.69 bits per heavy atom. The Bertz CT molecular complexity index is 1210. The second-order valence-electron chi connectivity index (χ2n) is 8.46. The van der Waals surface area contributed by atoms with E-state index < -0.39 is 5.91 Å². The Balaban J connectivity index is 1.29. The molecule has 1 aliphatic heterocycles. The number of aromatic nitrogens is 1. The summed E-state index contributed by atoms with van der Waals surface area (Å²) in [6, 6.07) is 27.0. The lowest BCUT2D eigenvalue weighted by atomic mass is 10.1. The van der Waals surface area contributed by atoms with Gasteiger partial charge in [-0.3, -0.25) is 9.69 Å². The summed E-state index contributed by atoms with van der Waals surface area (Å²) in [5.41, 5.74) is 11.7. The molecule has 5 nitrogen and oxygen atoms in total. The normalized spacial score (nSPS) is 15.1. The van der Waals surface area contributed by atoms with Crippen LogP contribution >= 0.6 is 0 Å². The monoisotopic (exact) mass is 424 g/mol. The molecule has 1 aromatic heterocycles. The summed E-state index contributed by atoms with van der Waals surface area (Å²) in [6.07, 6.45) is 1.16. The number of nitrogens with one attached hydrogen (secondary N) is 1. The minimum Gasteiger partial charge on any atom is -0.370 e. The fourth-order valence-electron chi connectivity index (χ4n) is 4.61. The average molecular weight is 425 g/mol. The number of anilines is 1. The molecule has 0 spiro atoms. The van der Waals surface area contributed by atoms with Gasteiger partial charge in [0.1, 0.15) is 0 Å². The van der Waals surface area contributed by atoms with Gasteiger partial charge in [0.05, 0.1) is 0 Å². The molecule has 162 valence electrons. The lowest BCUT2D eigenvalue weighted by Crippen LogP contribution is -2.30. The van der Waals surface area contributed by atoms with Crippen molar-refractivity contribution in [2.24, 2.45) is 5.73 Å². The van der Waals surface area contributed by atoms with Crippen molar-refractivity contribution < 1.29 is 4.79 Å². The van der Waals surface area contributed by atoms with Gasteiger partial charge in [-0.15, -0.1) is 0 Å². The quantitative estimate of drug-likeness (QED) is 0.490. The van der Waals surface area contributed by atoms with Gasteiger partial charge >= 0.3 is 0 Å². The molecule has 1 saturated heterocycles. The molecular weight excluding hydrogens is 396 g/mol. The van der Waals surface area contributed by atoms with Crippen LogP contribution in [0.25, 0.3) is 22.2 Å². The molecular formula is C27H28N4O. The van der Waals surface area contributed by atoms with Crippen molar-refractivity contribution in [2.75, 3.05) is 31.1 Å². The van der Waals surface area contributed by atoms with Gasteiger partial charge in [0.25, 0.3) is 0 Å². The fourth-order valence-corrected chi connectivity index (χ4v) is 4.61. The SMILES string of the molecule is NC(=O)c1cccc2[nH]c(-c3ccc(N4CCCN(Cc5ccccc5)CC4)cc3)cc12. The second kappa shape index (κ2) is 8.89. The minimum atomic E-state index is -0.404. The molecule has 3 N–H and O–H groups in total. The lowest BCUT2D eigenvalue weighted by Gasteiger charge is -2.24. The van der Waals surface area contributed by atoms with Gasteiger partial charge in [-0.25, -0.2) is 0 Å². The second-order valence-corrected chi connectivity index (χ2v) is 8.46. The number of hydrogen-bond donors (Lipinski definition) is 2. The molecule has 3 aromatic carbocycles. The third-order valence-electron chi connectivity index (χ3n) is 6.31. The predicted molar refractivity (Wildman–Crippen MR) is 131 cm³/mol. The van der Waals surface area contributed by atoms with Crippen LogP contribution in [-0.2, 0) is 6.54 Å². The number of nitrogens with zero attached hydrogens (tertiary/aromatic N) is 2. The molecule has 5 heteroatoms. The van der Waals surface area contributed by atoms with E-state index in [1.807, 2.05) is 18.2 Å². The number of nitrogens with two attached hydrogens (primary N) is 1. The molecule has 2 heterocycles. The summed E-state index contributed by atoms with van der Waals surface area (Å²) in [6.45, 7) is 5.30. The predicted octanol–water partition coefficient (Wildman–Crippen LogP) is 4.65. The van der Waals surface area contributed by atoms with Crippen LogP contribution in [0.2, 0.25) is 0 Å². The van der Waals surface area contributed by atoms with E-state index in [9.17, 15) is 4.79 Å². The van der Waals surface area contributed by atoms with E-state index in [0.29, 0.717) is 5.56 Å². The standard InChI is InChI=1S/C27H28N4O/c28-27(32)23-8-4-9-25-24(23)18-26(29-25)21-10-12-22(13-11-21)31-15-5-14-30(16-17-31)19-20-6-2-1-3-7-20/h1-4,6-13,18,29H,5,14-17,19H2,(H2,28,32). The van der Waals surface area contributed by atoms with Gasteiger partial charge in [-0.05, 0) is 47.9 Å². The summed E-state index contributed by atoms with van der Waals surface area (Å²) in [5, 5.41) is 0.866. The number of rotatable bonds is 5. The summed E-state index contributed by atoms with van der Waals surface area (Å²) in [5.74, 6) is -0.404. The van der Waals surface area contributed by atoms with Crippen molar-refractivity contribution in [3.8, 4) is 11.3 Å². The van der Waals surface area contributed by atoms with Gasteiger partial charge in [-0.1, -0.05) is 48.5 Å². The number of primary amides is 1. The van der Waals surface area contributed by atoms with Crippen molar-refractivity contribution in [1.82, 2.24) is 9.88 Å². The van der Waals surface area contributed by atoms with E-state index in [1.54, 1.807) is 6.07 Å². The first-order chi connectivity index (χ1) is 15.7. The van der Waals surface area contributed by atoms with Crippen LogP contribution in [0.5, 0.6) is 0 Å². The molecule has 1 fully saturated rings. The number of carbonyl (C=O) groups excluding carboxylic acids is 1. The van der Waals surface area contributed by atoms with Crippen LogP contribution in [0, 0.1) is 0 Å². The first kappa shape index (κ1) is 20.3. The molecule has 0 saturated carbocycles. The third-order valence-corrected chi connectivity index (χ3v) is 6.31. The third kappa shape index (κ3) is 4.25. The van der Waals surface area contributed by atoms with E-state index in [0.717, 1.165) is 61.3 Å². The number of amides is 1. The zero-order chi connectivity index (χ0) is 21.9. The fraction of sp³-hybridized carbons (Fsp3) is 0.222. The average Bonchev–Trinajstić information content (AvgIpc) is 3.13. The molecule has 5 rings (SSSR count). The highest BCUT2D eigenvalue weighted by Crippen LogP contribution is 2.28. The molecule has 0 bridgehead atoms. The molecule has 1 aliphatic rings. The topological polar surface area (TPSA) is 65.4 Å². The summed E-state index contributed by atoms with van der Waals surface area (Å²) in [4.78, 5) is 20.2. The van der Waals surface area contributed by atoms with Crippen LogP contribution in [0.15, 0.2) is 78.9 Å². The first-order valence-corrected chi connectivity index (χ1v) is 11.2. The van der Waals surface area contributed by atoms with E-state index in [1.165, 1.54) is 11.3 Å². The lowest BCUT2D eigenvalue weighted by molar-refractivity contribution is 0.100. The van der Waals surface area contributed by atoms with E-state index in [-0.39, 0.29) is 0 Å². The highest BCUT2D eigenvalue weighted by molar-refractivity contribution is 6.06. The maximum absolute atomic E-state index is 11.7. The zero-order valence-corrected chi connectivity index (χ0v) is 18.1. The Labute approximate surface area is 188 Å². The Morgan fingerprint density at radius 3 is 2.47 bits per heavy atom. The number of hydrogen-bond acceptors (Lipinski definition) is 3. The summed E-state index contributed by atoms with van der Waals surface area (Å²) in [7, 11) is 0. The maximum Gasteiger partial charge on any atom is 0.249 e. The Hall–Kier alpha value is -3.57. The van der Waals surface area contributed by atoms with Crippen molar-refractivity contribution in [2.45, 2.75) is 13.0 Å². The van der Waals surface area contributed by atoms with Gasteiger partial charge in [0.2, 0.25) is 5.91 Å². The van der Waals surface area contributed by atoms with Crippen molar-refractivity contribution >= 4 is 22.5 Å². The largest absolute Gasteiger partial charge is 0.370 e. The maximum atomic E-state index is 11.7. The molecule has 0 aliphatic carbocycles. The highest BCUT2D eigenvalue weighted by Gasteiger charge is 2.16. The molecule has 4 aromatic rings. The smallest absolute Gasteiger partial charge is 0.249 e. The van der Waals surface area contributed by atoms with Crippen LogP contribution in [0.1, 0.15) is 22.3 Å². The molecule has 0 radical (unpaired) electrons. The molecule has 32 heavy (non-hydrogen) atoms. The van der Waals surface area contributed by atoms with Crippen molar-refractivity contribution in [3.63, 3.8) is 0 Å². The number of benzene rings is 3. The van der Waals surface area contributed by atoms with Gasteiger partial charge in [0.15, 0.2) is 0 Å². The van der Waals surface area contributed by atoms with Gasteiger partial charge in [-0.2, -0.15) is 0 Å². The number of fused-ring (bicyclic) bond motifs is 1. The van der Waals surface area contributed by atoms with E-state index >= 15 is 0 Å². The van der Waals surface area contributed by atoms with E-state index in [4.69, 9.17) is 5.73 Å². The van der Waals surface area contributed by atoms with Crippen molar-refractivity contribution in [3.05, 3.63) is 90.0 Å². The molecule has 0 atom stereocenters. The molecule has 0 unspecified atom stereocenters. The van der Waals surface area contributed by atoms with Crippen LogP contribution in [0.4, 0.5) is 5.69 Å². The number of H-pyrrole nitrogens is 1. The zero-order valence-electron chi connectivity index (χ0n) is 18.1. The molecule has 1 amide bonds. The van der Waals surface area contributed by atoms with Crippen molar-refractivity contribution in [1.29, 1.82) is 0 Å². The summed E-state index contributed by atoms with van der Waals surface area (Å²) >= 11 is 0. The number of aromatic amines is 1. The Kier molecular flexibility index (Phi) is 5.65. The van der Waals surface area contributed by atoms with Crippen LogP contribution < -0.4 is 10.6 Å². The highest BCUT2D eigenvalue weighted by atomic mass is 16.1. The summed E-state index contributed by atoms with van der Waals surface area (Å²) < 4.78 is 0. The first-order valence-electron chi connectivity index (χ1n) is 11.2. The van der Waals surface area contributed by atoms with Gasteiger partial charge < -0.3 is 15.6 Å². The minimum absolute atomic E-state index is 0.404. The van der Waals surface area contributed by atoms with E-state index in [2.05, 4.69) is 69.4 Å². The van der Waals surface area contributed by atoms with Gasteiger partial charge in [0, 0.05) is 60.6 Å².